The zero-order valence-electron chi connectivity index (χ0n) is 7.90. The lowest BCUT2D eigenvalue weighted by atomic mass is 10.3. The standard InChI is InChI=1S/C10H10ClNO2S/c11-7-2-1-6(12)5-9(7)15-8-3-4-14-10(8)13/h1-2,5,8H,3-4,12H2. The van der Waals surface area contributed by atoms with Gasteiger partial charge in [-0.1, -0.05) is 11.6 Å². The van der Waals surface area contributed by atoms with Gasteiger partial charge in [0.15, 0.2) is 0 Å². The minimum atomic E-state index is -0.168. The van der Waals surface area contributed by atoms with Gasteiger partial charge in [-0.2, -0.15) is 0 Å². The van der Waals surface area contributed by atoms with Crippen LogP contribution in [0.5, 0.6) is 0 Å². The van der Waals surface area contributed by atoms with Gasteiger partial charge in [0.25, 0.3) is 0 Å². The number of ether oxygens (including phenoxy) is 1. The van der Waals surface area contributed by atoms with Gasteiger partial charge >= 0.3 is 5.97 Å². The molecule has 0 saturated carbocycles. The van der Waals surface area contributed by atoms with Crippen LogP contribution < -0.4 is 5.73 Å². The SMILES string of the molecule is Nc1ccc(Cl)c(SC2CCOC2=O)c1. The molecule has 0 aliphatic carbocycles. The van der Waals surface area contributed by atoms with Crippen molar-refractivity contribution in [3.63, 3.8) is 0 Å². The number of carbonyl (C=O) groups is 1. The van der Waals surface area contributed by atoms with Crippen molar-refractivity contribution in [1.82, 2.24) is 0 Å². The lowest BCUT2D eigenvalue weighted by Crippen LogP contribution is -2.09. The summed E-state index contributed by atoms with van der Waals surface area (Å²) in [5.74, 6) is -0.168. The Bertz CT molecular complexity index is 397. The molecule has 1 saturated heterocycles. The first-order valence-corrected chi connectivity index (χ1v) is 5.81. The molecule has 1 aliphatic rings. The molecule has 1 unspecified atom stereocenters. The Hall–Kier alpha value is -0.870. The number of benzene rings is 1. The molecule has 2 N–H and O–H groups in total. The summed E-state index contributed by atoms with van der Waals surface area (Å²) in [6, 6.07) is 5.25. The minimum absolute atomic E-state index is 0.149. The molecule has 1 atom stereocenters. The highest BCUT2D eigenvalue weighted by Gasteiger charge is 2.28. The van der Waals surface area contributed by atoms with E-state index in [9.17, 15) is 4.79 Å². The quantitative estimate of drug-likeness (QED) is 0.640. The number of anilines is 1. The lowest BCUT2D eigenvalue weighted by molar-refractivity contribution is -0.137. The second-order valence-corrected chi connectivity index (χ2v) is 4.90. The lowest BCUT2D eigenvalue weighted by Gasteiger charge is -2.07. The molecule has 15 heavy (non-hydrogen) atoms. The maximum Gasteiger partial charge on any atom is 0.319 e. The largest absolute Gasteiger partial charge is 0.465 e. The number of nitrogens with two attached hydrogens (primary N) is 1. The Morgan fingerprint density at radius 2 is 2.33 bits per heavy atom. The van der Waals surface area contributed by atoms with Crippen LogP contribution in [0.15, 0.2) is 23.1 Å². The molecule has 0 radical (unpaired) electrons. The van der Waals surface area contributed by atoms with Crippen LogP contribution in [-0.2, 0) is 9.53 Å². The fourth-order valence-corrected chi connectivity index (χ4v) is 2.67. The van der Waals surface area contributed by atoms with Crippen molar-refractivity contribution < 1.29 is 9.53 Å². The minimum Gasteiger partial charge on any atom is -0.465 e. The highest BCUT2D eigenvalue weighted by Crippen LogP contribution is 2.35. The molecular formula is C10H10ClNO2S. The zero-order chi connectivity index (χ0) is 10.8. The summed E-state index contributed by atoms with van der Waals surface area (Å²) in [6.07, 6.45) is 0.731. The van der Waals surface area contributed by atoms with Gasteiger partial charge in [-0.15, -0.1) is 11.8 Å². The molecule has 1 heterocycles. The van der Waals surface area contributed by atoms with Crippen molar-refractivity contribution >= 4 is 35.0 Å². The van der Waals surface area contributed by atoms with Gasteiger partial charge < -0.3 is 10.5 Å². The molecule has 1 aliphatic heterocycles. The van der Waals surface area contributed by atoms with E-state index in [0.29, 0.717) is 17.3 Å². The zero-order valence-corrected chi connectivity index (χ0v) is 9.48. The molecule has 3 nitrogen and oxygen atoms in total. The van der Waals surface area contributed by atoms with E-state index in [1.807, 2.05) is 0 Å². The van der Waals surface area contributed by atoms with E-state index < -0.39 is 0 Å². The van der Waals surface area contributed by atoms with E-state index >= 15 is 0 Å². The van der Waals surface area contributed by atoms with Crippen molar-refractivity contribution in [2.75, 3.05) is 12.3 Å². The van der Waals surface area contributed by atoms with Crippen LogP contribution in [0.3, 0.4) is 0 Å². The second kappa shape index (κ2) is 4.33. The Morgan fingerprint density at radius 1 is 1.53 bits per heavy atom. The van der Waals surface area contributed by atoms with Crippen LogP contribution >= 0.6 is 23.4 Å². The van der Waals surface area contributed by atoms with Crippen molar-refractivity contribution in [3.8, 4) is 0 Å². The summed E-state index contributed by atoms with van der Waals surface area (Å²) in [7, 11) is 0. The normalized spacial score (nSPS) is 20.3. The molecule has 5 heteroatoms. The third-order valence-electron chi connectivity index (χ3n) is 2.11. The fraction of sp³-hybridized carbons (Fsp3) is 0.300. The number of hydrogen-bond acceptors (Lipinski definition) is 4. The van der Waals surface area contributed by atoms with Gasteiger partial charge in [-0.05, 0) is 18.2 Å². The molecule has 0 aromatic heterocycles. The summed E-state index contributed by atoms with van der Waals surface area (Å²) in [5, 5.41) is 0.471. The van der Waals surface area contributed by atoms with Crippen molar-refractivity contribution in [3.05, 3.63) is 23.2 Å². The monoisotopic (exact) mass is 243 g/mol. The number of thioether (sulfide) groups is 1. The van der Waals surface area contributed by atoms with E-state index in [1.54, 1.807) is 18.2 Å². The van der Waals surface area contributed by atoms with E-state index in [4.69, 9.17) is 22.1 Å². The number of esters is 1. The summed E-state index contributed by atoms with van der Waals surface area (Å²) in [6.45, 7) is 0.496. The van der Waals surface area contributed by atoms with Crippen molar-refractivity contribution in [2.24, 2.45) is 0 Å². The number of halogens is 1. The number of rotatable bonds is 2. The van der Waals surface area contributed by atoms with Gasteiger partial charge in [0, 0.05) is 17.0 Å². The Kier molecular flexibility index (Phi) is 3.07. The van der Waals surface area contributed by atoms with Gasteiger partial charge in [0.05, 0.1) is 11.6 Å². The fourth-order valence-electron chi connectivity index (χ4n) is 1.35. The Morgan fingerprint density at radius 3 is 3.00 bits per heavy atom. The molecule has 1 aromatic carbocycles. The molecule has 0 spiro atoms. The maximum atomic E-state index is 11.3. The average molecular weight is 244 g/mol. The first-order valence-electron chi connectivity index (χ1n) is 4.55. The van der Waals surface area contributed by atoms with E-state index in [1.165, 1.54) is 11.8 Å². The van der Waals surface area contributed by atoms with Crippen LogP contribution in [0, 0.1) is 0 Å². The topological polar surface area (TPSA) is 52.3 Å². The predicted octanol–water partition coefficient (Wildman–Crippen LogP) is 2.33. The predicted molar refractivity (Wildman–Crippen MR) is 61.1 cm³/mol. The number of cyclic esters (lactones) is 1. The van der Waals surface area contributed by atoms with E-state index in [0.717, 1.165) is 11.3 Å². The van der Waals surface area contributed by atoms with Gasteiger partial charge in [0.2, 0.25) is 0 Å². The summed E-state index contributed by atoms with van der Waals surface area (Å²) in [5.41, 5.74) is 6.29. The van der Waals surface area contributed by atoms with Crippen molar-refractivity contribution in [2.45, 2.75) is 16.6 Å². The molecule has 1 fully saturated rings. The number of carbonyl (C=O) groups excluding carboxylic acids is 1. The van der Waals surface area contributed by atoms with Crippen LogP contribution in [0.25, 0.3) is 0 Å². The summed E-state index contributed by atoms with van der Waals surface area (Å²) < 4.78 is 4.87. The first kappa shape index (κ1) is 10.6. The number of nitrogen functional groups attached to an aromatic ring is 1. The molecule has 80 valence electrons. The molecule has 0 bridgehead atoms. The Labute approximate surface area is 96.9 Å². The van der Waals surface area contributed by atoms with Crippen LogP contribution in [0.2, 0.25) is 5.02 Å². The van der Waals surface area contributed by atoms with Crippen LogP contribution in [0.4, 0.5) is 5.69 Å². The Balaban J connectivity index is 2.16. The highest BCUT2D eigenvalue weighted by molar-refractivity contribution is 8.00. The maximum absolute atomic E-state index is 11.3. The average Bonchev–Trinajstić information content (AvgIpc) is 2.58. The van der Waals surface area contributed by atoms with Gasteiger partial charge in [0.1, 0.15) is 5.25 Å². The summed E-state index contributed by atoms with van der Waals surface area (Å²) in [4.78, 5) is 12.1. The van der Waals surface area contributed by atoms with Crippen molar-refractivity contribution in [1.29, 1.82) is 0 Å². The van der Waals surface area contributed by atoms with E-state index in [2.05, 4.69) is 0 Å². The first-order chi connectivity index (χ1) is 7.16. The molecular weight excluding hydrogens is 234 g/mol. The number of hydrogen-bond donors (Lipinski definition) is 1. The molecule has 0 amide bonds. The smallest absolute Gasteiger partial charge is 0.319 e. The third-order valence-corrected chi connectivity index (χ3v) is 3.86. The summed E-state index contributed by atoms with van der Waals surface area (Å²) >= 11 is 7.41. The second-order valence-electron chi connectivity index (χ2n) is 3.25. The van der Waals surface area contributed by atoms with Crippen LogP contribution in [0.1, 0.15) is 6.42 Å². The highest BCUT2D eigenvalue weighted by atomic mass is 35.5. The van der Waals surface area contributed by atoms with Gasteiger partial charge in [-0.3, -0.25) is 4.79 Å². The van der Waals surface area contributed by atoms with E-state index in [-0.39, 0.29) is 11.2 Å². The van der Waals surface area contributed by atoms with Crippen LogP contribution in [-0.4, -0.2) is 17.8 Å². The molecule has 1 aromatic rings. The van der Waals surface area contributed by atoms with Gasteiger partial charge in [-0.25, -0.2) is 0 Å². The molecule has 2 rings (SSSR count). The third kappa shape index (κ3) is 2.38.